The minimum Gasteiger partial charge on any atom is -0.515 e. The molecule has 0 aliphatic rings. The van der Waals surface area contributed by atoms with E-state index in [9.17, 15) is 0 Å². The topological polar surface area (TPSA) is 77.0 Å². The van der Waals surface area contributed by atoms with Gasteiger partial charge in [-0.15, -0.1) is 11.8 Å². The maximum Gasteiger partial charge on any atom is 0.186 e. The summed E-state index contributed by atoms with van der Waals surface area (Å²) in [4.78, 5) is 0. The van der Waals surface area contributed by atoms with Crippen molar-refractivity contribution in [2.45, 2.75) is 13.8 Å². The number of hydrogen-bond acceptors (Lipinski definition) is 3. The molecule has 2 N–H and O–H groups in total. The molecule has 0 aromatic carbocycles. The van der Waals surface area contributed by atoms with Gasteiger partial charge in [0.05, 0.1) is 0 Å². The maximum atomic E-state index is 4.06. The molecule has 6 nitrogen and oxygen atoms in total. The van der Waals surface area contributed by atoms with E-state index in [1.165, 1.54) is 0 Å². The van der Waals surface area contributed by atoms with Crippen LogP contribution >= 0.6 is 11.8 Å². The zero-order valence-electron chi connectivity index (χ0n) is 12.2. The van der Waals surface area contributed by atoms with E-state index in [2.05, 4.69) is 56.1 Å². The van der Waals surface area contributed by atoms with Crippen LogP contribution in [0.15, 0.2) is 10.2 Å². The summed E-state index contributed by atoms with van der Waals surface area (Å²) in [6, 6.07) is 0. The predicted molar refractivity (Wildman–Crippen MR) is 95.9 cm³/mol. The third-order valence-corrected chi connectivity index (χ3v) is 3.57. The van der Waals surface area contributed by atoms with Crippen LogP contribution in [0.25, 0.3) is 10.9 Å². The number of nitrogens with zero attached hydrogens (tertiary/aromatic N) is 4. The molecule has 0 spiro atoms. The van der Waals surface area contributed by atoms with Gasteiger partial charge in [0, 0.05) is 42.4 Å². The van der Waals surface area contributed by atoms with Crippen LogP contribution in [0.4, 0.5) is 0 Å². The molecule has 0 radical (unpaired) electrons. The van der Waals surface area contributed by atoms with E-state index in [1.807, 2.05) is 13.8 Å². The van der Waals surface area contributed by atoms with Gasteiger partial charge in [0.25, 0.3) is 0 Å². The molecule has 0 saturated heterocycles. The summed E-state index contributed by atoms with van der Waals surface area (Å²) in [6.07, 6.45) is 0. The predicted octanol–water partition coefficient (Wildman–Crippen LogP) is 0.388. The summed E-state index contributed by atoms with van der Waals surface area (Å²) in [5.74, 6) is 1.56. The van der Waals surface area contributed by atoms with Crippen LogP contribution in [0.1, 0.15) is 13.8 Å². The molecule has 0 aliphatic carbocycles. The SMILES string of the molecule is CNC(=[SH+])[N-]N=C(C)CSCC(C)=N[N-]C(=[SH+])NC.[Zn]. The van der Waals surface area contributed by atoms with Crippen LogP contribution in [0.3, 0.4) is 0 Å². The quantitative estimate of drug-likeness (QED) is 0.173. The Hall–Kier alpha value is 0.0134. The summed E-state index contributed by atoms with van der Waals surface area (Å²) in [7, 11) is 3.49. The number of hydrogen-bond donors (Lipinski definition) is 2. The smallest absolute Gasteiger partial charge is 0.186 e. The minimum atomic E-state index is 0. The van der Waals surface area contributed by atoms with Crippen molar-refractivity contribution in [3.63, 3.8) is 0 Å². The van der Waals surface area contributed by atoms with Gasteiger partial charge in [-0.1, -0.05) is 0 Å². The fourth-order valence-corrected chi connectivity index (χ4v) is 1.67. The van der Waals surface area contributed by atoms with Crippen LogP contribution in [0, 0.1) is 0 Å². The van der Waals surface area contributed by atoms with Gasteiger partial charge in [-0.2, -0.15) is 0 Å². The van der Waals surface area contributed by atoms with Crippen molar-refractivity contribution in [1.82, 2.24) is 10.6 Å². The Morgan fingerprint density at radius 1 is 0.950 bits per heavy atom. The summed E-state index contributed by atoms with van der Waals surface area (Å²) in [5, 5.41) is 14.6. The fourth-order valence-electron chi connectivity index (χ4n) is 0.770. The Labute approximate surface area is 148 Å². The number of nitrogens with one attached hydrogen (secondary N) is 2. The van der Waals surface area contributed by atoms with Crippen molar-refractivity contribution in [2.75, 3.05) is 25.6 Å². The Morgan fingerprint density at radius 2 is 1.30 bits per heavy atom. The minimum absolute atomic E-state index is 0. The van der Waals surface area contributed by atoms with E-state index < -0.39 is 0 Å². The summed E-state index contributed by atoms with van der Waals surface area (Å²) < 4.78 is 0. The molecule has 20 heavy (non-hydrogen) atoms. The molecule has 0 aromatic rings. The third kappa shape index (κ3) is 13.0. The largest absolute Gasteiger partial charge is 0.515 e. The zero-order valence-corrected chi connectivity index (χ0v) is 17.8. The molecular formula is C10H20N6S3Zn. The van der Waals surface area contributed by atoms with Crippen molar-refractivity contribution in [2.24, 2.45) is 10.2 Å². The Bertz CT molecular complexity index is 338. The monoisotopic (exact) mass is 384 g/mol. The van der Waals surface area contributed by atoms with E-state index in [0.717, 1.165) is 22.9 Å². The molecule has 0 heterocycles. The van der Waals surface area contributed by atoms with Crippen LogP contribution in [0.5, 0.6) is 0 Å². The van der Waals surface area contributed by atoms with Gasteiger partial charge in [-0.25, -0.2) is 0 Å². The van der Waals surface area contributed by atoms with Gasteiger partial charge in [0.2, 0.25) is 0 Å². The number of rotatable bonds is 6. The molecule has 0 amide bonds. The van der Waals surface area contributed by atoms with Crippen molar-refractivity contribution in [1.29, 1.82) is 0 Å². The van der Waals surface area contributed by atoms with Crippen molar-refractivity contribution in [3.05, 3.63) is 10.9 Å². The first-order valence-electron chi connectivity index (χ1n) is 5.53. The van der Waals surface area contributed by atoms with Crippen molar-refractivity contribution >= 4 is 57.8 Å². The van der Waals surface area contributed by atoms with E-state index in [-0.39, 0.29) is 19.5 Å². The number of thioether (sulfide) groups is 1. The van der Waals surface area contributed by atoms with Gasteiger partial charge in [0.15, 0.2) is 34.7 Å². The first-order valence-corrected chi connectivity index (χ1v) is 7.58. The van der Waals surface area contributed by atoms with Gasteiger partial charge in [0.1, 0.15) is 0 Å². The molecule has 0 bridgehead atoms. The first kappa shape index (κ1) is 22.3. The van der Waals surface area contributed by atoms with Gasteiger partial charge in [-0.05, 0) is 27.9 Å². The summed E-state index contributed by atoms with van der Waals surface area (Å²) >= 11 is 9.82. The molecule has 0 aliphatic heterocycles. The fraction of sp³-hybridized carbons (Fsp3) is 0.600. The van der Waals surface area contributed by atoms with Gasteiger partial charge >= 0.3 is 0 Å². The van der Waals surface area contributed by atoms with Crippen molar-refractivity contribution < 1.29 is 19.5 Å². The summed E-state index contributed by atoms with van der Waals surface area (Å²) in [5.41, 5.74) is 9.62. The Kier molecular flexibility index (Phi) is 15.6. The molecule has 0 saturated carbocycles. The molecule has 10 heteroatoms. The van der Waals surface area contributed by atoms with Crippen LogP contribution < -0.4 is 10.6 Å². The summed E-state index contributed by atoms with van der Waals surface area (Å²) in [6.45, 7) is 3.84. The van der Waals surface area contributed by atoms with E-state index in [1.54, 1.807) is 25.9 Å². The second kappa shape index (κ2) is 14.0. The molecule has 0 unspecified atom stereocenters. The van der Waals surface area contributed by atoms with Crippen LogP contribution in [0.2, 0.25) is 0 Å². The van der Waals surface area contributed by atoms with E-state index >= 15 is 0 Å². The Balaban J connectivity index is 0. The van der Waals surface area contributed by atoms with E-state index in [4.69, 9.17) is 0 Å². The van der Waals surface area contributed by atoms with Gasteiger partial charge in [-0.3, -0.25) is 10.6 Å². The zero-order chi connectivity index (χ0) is 14.7. The van der Waals surface area contributed by atoms with E-state index in [0.29, 0.717) is 10.2 Å². The Morgan fingerprint density at radius 3 is 1.60 bits per heavy atom. The molecule has 0 rings (SSSR count). The maximum absolute atomic E-state index is 4.06. The van der Waals surface area contributed by atoms with Crippen LogP contribution in [-0.2, 0) is 43.9 Å². The normalized spacial score (nSPS) is 11.6. The average molecular weight is 386 g/mol. The van der Waals surface area contributed by atoms with Crippen molar-refractivity contribution in [3.8, 4) is 0 Å². The second-order valence-electron chi connectivity index (χ2n) is 3.51. The first-order chi connectivity index (χ1) is 8.99. The van der Waals surface area contributed by atoms with Crippen LogP contribution in [-0.4, -0.2) is 47.2 Å². The second-order valence-corrected chi connectivity index (χ2v) is 5.34. The molecule has 0 fully saturated rings. The number of thiol groups is 2. The molecule has 0 atom stereocenters. The third-order valence-electron chi connectivity index (χ3n) is 1.70. The molecular weight excluding hydrogens is 366 g/mol. The molecule has 0 aromatic heterocycles. The molecule has 110 valence electrons. The standard InChI is InChI=1S/C10H20N6S3.Zn/c1-7(13-15-9(17)11-3)5-19-6-8(2)14-16-10(18)12-4;/h5-6H2,1-4H3,(H4,11,12,15,16,17,18);. The average Bonchev–Trinajstić information content (AvgIpc) is 2.41. The van der Waals surface area contributed by atoms with Gasteiger partial charge < -0.3 is 21.1 Å².